The van der Waals surface area contributed by atoms with E-state index in [1.807, 2.05) is 25.2 Å². The first kappa shape index (κ1) is 24.5. The Morgan fingerprint density at radius 2 is 2.03 bits per heavy atom. The van der Waals surface area contributed by atoms with Crippen molar-refractivity contribution < 1.29 is 22.3 Å². The van der Waals surface area contributed by atoms with E-state index in [1.165, 1.54) is 0 Å². The maximum atomic E-state index is 13.9. The molecule has 0 atom stereocenters. The lowest BCUT2D eigenvalue weighted by molar-refractivity contribution is -0.136. The van der Waals surface area contributed by atoms with Crippen LogP contribution in [-0.2, 0) is 29.9 Å². The number of methoxy groups -OCH3 is 1. The number of aromatic nitrogens is 4. The number of benzene rings is 2. The molecule has 190 valence electrons. The molecule has 0 bridgehead atoms. The minimum atomic E-state index is -4.57. The van der Waals surface area contributed by atoms with Crippen LogP contribution in [0.2, 0.25) is 0 Å². The second-order valence-corrected chi connectivity index (χ2v) is 9.60. The molecule has 1 saturated carbocycles. The molecule has 1 aliphatic carbocycles. The maximum Gasteiger partial charge on any atom is 0.420 e. The van der Waals surface area contributed by atoms with Crippen molar-refractivity contribution in [1.29, 1.82) is 0 Å². The zero-order chi connectivity index (χ0) is 25.5. The average Bonchev–Trinajstić information content (AvgIpc) is 3.45. The van der Waals surface area contributed by atoms with Crippen molar-refractivity contribution in [1.82, 2.24) is 25.1 Å². The zero-order valence-corrected chi connectivity index (χ0v) is 20.4. The van der Waals surface area contributed by atoms with Crippen molar-refractivity contribution in [2.45, 2.75) is 37.9 Å². The molecule has 7 nitrogen and oxygen atoms in total. The second-order valence-electron chi connectivity index (χ2n) is 9.60. The number of nitrogens with one attached hydrogen (secondary N) is 1. The van der Waals surface area contributed by atoms with Crippen molar-refractivity contribution >= 4 is 11.1 Å². The Morgan fingerprint density at radius 1 is 1.22 bits per heavy atom. The monoisotopic (exact) mass is 499 g/mol. The Labute approximate surface area is 206 Å². The molecule has 0 amide bonds. The number of hydrogen-bond acceptors (Lipinski definition) is 6. The third-order valence-corrected chi connectivity index (χ3v) is 6.75. The SMILES string of the molecule is COCCNCc1cc(C(F)(F)F)c2oc(-c3cccc(C4(c5ncn(C)n5)CC(C)C4)c3)nc2c1. The van der Waals surface area contributed by atoms with Crippen LogP contribution < -0.4 is 5.32 Å². The van der Waals surface area contributed by atoms with Crippen LogP contribution in [-0.4, -0.2) is 40.0 Å². The number of fused-ring (bicyclic) bond motifs is 1. The topological polar surface area (TPSA) is 78.0 Å². The summed E-state index contributed by atoms with van der Waals surface area (Å²) in [6.45, 7) is 3.44. The van der Waals surface area contributed by atoms with Crippen molar-refractivity contribution in [3.8, 4) is 11.5 Å². The van der Waals surface area contributed by atoms with Crippen molar-refractivity contribution in [3.63, 3.8) is 0 Å². The summed E-state index contributed by atoms with van der Waals surface area (Å²) in [6, 6.07) is 10.4. The van der Waals surface area contributed by atoms with Crippen molar-refractivity contribution in [2.75, 3.05) is 20.3 Å². The third-order valence-electron chi connectivity index (χ3n) is 6.75. The van der Waals surface area contributed by atoms with Gasteiger partial charge in [0, 0.05) is 32.8 Å². The first-order valence-corrected chi connectivity index (χ1v) is 11.9. The number of alkyl halides is 3. The van der Waals surface area contributed by atoms with Crippen molar-refractivity contribution in [3.05, 3.63) is 65.2 Å². The van der Waals surface area contributed by atoms with E-state index in [0.29, 0.717) is 30.2 Å². The van der Waals surface area contributed by atoms with Crippen LogP contribution in [0.15, 0.2) is 47.1 Å². The summed E-state index contributed by atoms with van der Waals surface area (Å²) in [5, 5.41) is 7.64. The van der Waals surface area contributed by atoms with E-state index >= 15 is 0 Å². The van der Waals surface area contributed by atoms with Crippen LogP contribution in [0.25, 0.3) is 22.6 Å². The van der Waals surface area contributed by atoms with Crippen LogP contribution in [0.5, 0.6) is 0 Å². The van der Waals surface area contributed by atoms with Gasteiger partial charge in [-0.05, 0) is 54.2 Å². The van der Waals surface area contributed by atoms with Gasteiger partial charge in [-0.25, -0.2) is 9.97 Å². The van der Waals surface area contributed by atoms with E-state index in [-0.39, 0.29) is 29.0 Å². The van der Waals surface area contributed by atoms with Gasteiger partial charge in [0.15, 0.2) is 11.4 Å². The van der Waals surface area contributed by atoms with E-state index in [9.17, 15) is 13.2 Å². The van der Waals surface area contributed by atoms with Gasteiger partial charge in [-0.1, -0.05) is 19.1 Å². The second kappa shape index (κ2) is 9.33. The average molecular weight is 500 g/mol. The summed E-state index contributed by atoms with van der Waals surface area (Å²) in [7, 11) is 3.41. The van der Waals surface area contributed by atoms with Crippen LogP contribution in [0, 0.1) is 5.92 Å². The molecule has 0 radical (unpaired) electrons. The molecule has 1 fully saturated rings. The van der Waals surface area contributed by atoms with Crippen LogP contribution in [0.1, 0.15) is 42.3 Å². The zero-order valence-electron chi connectivity index (χ0n) is 20.4. The smallest absolute Gasteiger partial charge is 0.420 e. The Hall–Kier alpha value is -3.24. The standard InChI is InChI=1S/C26H28F3N5O2/c1-16-12-25(13-16,24-31-15-34(2)33-24)19-6-4-5-18(11-19)23-32-21-10-17(14-30-7-8-35-3)9-20(22(21)36-23)26(27,28)29/h4-6,9-11,15-16,30H,7-8,12-14H2,1-3H3. The van der Waals surface area contributed by atoms with E-state index in [1.54, 1.807) is 30.3 Å². The lowest BCUT2D eigenvalue weighted by Gasteiger charge is -2.45. The fourth-order valence-electron chi connectivity index (χ4n) is 5.12. The minimum absolute atomic E-state index is 0.151. The summed E-state index contributed by atoms with van der Waals surface area (Å²) in [6.07, 6.45) is -1.10. The van der Waals surface area contributed by atoms with E-state index < -0.39 is 11.7 Å². The van der Waals surface area contributed by atoms with Gasteiger partial charge in [-0.15, -0.1) is 0 Å². The van der Waals surface area contributed by atoms with Gasteiger partial charge in [0.2, 0.25) is 5.89 Å². The number of nitrogens with zero attached hydrogens (tertiary/aromatic N) is 4. The van der Waals surface area contributed by atoms with Gasteiger partial charge in [0.25, 0.3) is 0 Å². The van der Waals surface area contributed by atoms with Gasteiger partial charge >= 0.3 is 6.18 Å². The molecule has 0 aliphatic heterocycles. The number of ether oxygens (including phenoxy) is 1. The van der Waals surface area contributed by atoms with Gasteiger partial charge in [-0.3, -0.25) is 4.68 Å². The Kier molecular flexibility index (Phi) is 6.34. The predicted octanol–water partition coefficient (Wildman–Crippen LogP) is 5.09. The highest BCUT2D eigenvalue weighted by Gasteiger charge is 2.48. The van der Waals surface area contributed by atoms with Crippen LogP contribution in [0.3, 0.4) is 0 Å². The Bertz CT molecular complexity index is 1370. The van der Waals surface area contributed by atoms with Crippen LogP contribution in [0.4, 0.5) is 13.2 Å². The van der Waals surface area contributed by atoms with Crippen LogP contribution >= 0.6 is 0 Å². The quantitative estimate of drug-likeness (QED) is 0.340. The summed E-state index contributed by atoms with van der Waals surface area (Å²) < 4.78 is 54.1. The molecule has 36 heavy (non-hydrogen) atoms. The molecule has 2 aromatic carbocycles. The summed E-state index contributed by atoms with van der Waals surface area (Å²) in [5.41, 5.74) is 0.843. The summed E-state index contributed by atoms with van der Waals surface area (Å²) in [5.74, 6) is 1.42. The van der Waals surface area contributed by atoms with E-state index in [4.69, 9.17) is 9.15 Å². The van der Waals surface area contributed by atoms with E-state index in [2.05, 4.69) is 27.3 Å². The first-order valence-electron chi connectivity index (χ1n) is 11.9. The molecule has 2 aromatic heterocycles. The molecule has 4 aromatic rings. The molecule has 1 N–H and O–H groups in total. The molecule has 10 heteroatoms. The predicted molar refractivity (Wildman–Crippen MR) is 128 cm³/mol. The number of halogens is 3. The lowest BCUT2D eigenvalue weighted by Crippen LogP contribution is -2.42. The molecular formula is C26H28F3N5O2. The largest absolute Gasteiger partial charge is 0.435 e. The number of rotatable bonds is 8. The fraction of sp³-hybridized carbons (Fsp3) is 0.423. The summed E-state index contributed by atoms with van der Waals surface area (Å²) in [4.78, 5) is 8.98. The number of aryl methyl sites for hydroxylation is 1. The summed E-state index contributed by atoms with van der Waals surface area (Å²) >= 11 is 0. The Balaban J connectivity index is 1.53. The highest BCUT2D eigenvalue weighted by molar-refractivity contribution is 5.81. The molecular weight excluding hydrogens is 471 g/mol. The minimum Gasteiger partial charge on any atom is -0.435 e. The third kappa shape index (κ3) is 4.51. The fourth-order valence-corrected chi connectivity index (χ4v) is 5.12. The lowest BCUT2D eigenvalue weighted by atomic mass is 9.58. The Morgan fingerprint density at radius 3 is 2.69 bits per heavy atom. The van der Waals surface area contributed by atoms with Gasteiger partial charge in [0.1, 0.15) is 17.4 Å². The highest BCUT2D eigenvalue weighted by Crippen LogP contribution is 2.51. The van der Waals surface area contributed by atoms with Gasteiger partial charge < -0.3 is 14.5 Å². The molecule has 5 rings (SSSR count). The normalized spacial score (nSPS) is 20.1. The molecule has 2 heterocycles. The first-order chi connectivity index (χ1) is 17.2. The van der Waals surface area contributed by atoms with Gasteiger partial charge in [-0.2, -0.15) is 18.3 Å². The molecule has 0 spiro atoms. The maximum absolute atomic E-state index is 13.9. The number of hydrogen-bond donors (Lipinski definition) is 1. The molecule has 1 aliphatic rings. The number of oxazole rings is 1. The molecule has 0 unspecified atom stereocenters. The van der Waals surface area contributed by atoms with Crippen molar-refractivity contribution in [2.24, 2.45) is 13.0 Å². The van der Waals surface area contributed by atoms with E-state index in [0.717, 1.165) is 30.3 Å². The highest BCUT2D eigenvalue weighted by atomic mass is 19.4. The molecule has 0 saturated heterocycles. The van der Waals surface area contributed by atoms with Gasteiger partial charge in [0.05, 0.1) is 12.0 Å².